The average molecular weight is 336 g/mol. The van der Waals surface area contributed by atoms with Crippen LogP contribution in [0.2, 0.25) is 0 Å². The Morgan fingerprint density at radius 1 is 1.12 bits per heavy atom. The Hall–Kier alpha value is -2.30. The second-order valence-corrected chi connectivity index (χ2v) is 7.35. The Labute approximate surface area is 148 Å². The highest BCUT2D eigenvalue weighted by atomic mass is 16.2. The van der Waals surface area contributed by atoms with Crippen molar-refractivity contribution in [2.24, 2.45) is 5.92 Å². The average Bonchev–Trinajstić information content (AvgIpc) is 3.47. The highest BCUT2D eigenvalue weighted by molar-refractivity contribution is 5.93. The molecule has 0 aromatic carbocycles. The number of aromatic nitrogens is 3. The van der Waals surface area contributed by atoms with Crippen molar-refractivity contribution in [3.63, 3.8) is 0 Å². The molecule has 2 aromatic rings. The second kappa shape index (κ2) is 6.90. The smallest absolute Gasteiger partial charge is 0.256 e. The molecule has 0 N–H and O–H groups in total. The van der Waals surface area contributed by atoms with Gasteiger partial charge in [-0.25, -0.2) is 9.97 Å². The van der Waals surface area contributed by atoms with Gasteiger partial charge < -0.3 is 4.90 Å². The van der Waals surface area contributed by atoms with Crippen molar-refractivity contribution in [3.8, 4) is 0 Å². The Morgan fingerprint density at radius 2 is 1.84 bits per heavy atom. The fourth-order valence-electron chi connectivity index (χ4n) is 3.59. The first-order valence-electron chi connectivity index (χ1n) is 9.22. The lowest BCUT2D eigenvalue weighted by atomic mass is 9.90. The minimum absolute atomic E-state index is 0.0700. The number of likely N-dealkylation sites (tertiary alicyclic amines) is 1. The molecule has 2 aliphatic rings. The van der Waals surface area contributed by atoms with Crippen molar-refractivity contribution < 1.29 is 4.79 Å². The zero-order chi connectivity index (χ0) is 17.2. The van der Waals surface area contributed by atoms with Crippen molar-refractivity contribution >= 4 is 5.91 Å². The summed E-state index contributed by atoms with van der Waals surface area (Å²) >= 11 is 0. The topological polar surface area (TPSA) is 59.0 Å². The first-order chi connectivity index (χ1) is 12.2. The molecule has 0 atom stereocenters. The van der Waals surface area contributed by atoms with Gasteiger partial charge in [-0.05, 0) is 62.6 Å². The predicted molar refractivity (Wildman–Crippen MR) is 95.3 cm³/mol. The third kappa shape index (κ3) is 3.86. The van der Waals surface area contributed by atoms with E-state index in [4.69, 9.17) is 0 Å². The number of piperidine rings is 1. The summed E-state index contributed by atoms with van der Waals surface area (Å²) in [7, 11) is 0. The summed E-state index contributed by atoms with van der Waals surface area (Å²) in [6.07, 6.45) is 10.8. The number of nitrogens with zero attached hydrogens (tertiary/aromatic N) is 4. The molecule has 1 saturated carbocycles. The molecule has 2 aromatic heterocycles. The van der Waals surface area contributed by atoms with Crippen LogP contribution in [0.4, 0.5) is 0 Å². The minimum atomic E-state index is 0.0700. The van der Waals surface area contributed by atoms with Gasteiger partial charge in [0.2, 0.25) is 0 Å². The summed E-state index contributed by atoms with van der Waals surface area (Å²) in [5.41, 5.74) is 3.04. The molecule has 0 unspecified atom stereocenters. The molecule has 1 aliphatic heterocycles. The van der Waals surface area contributed by atoms with Crippen molar-refractivity contribution in [1.82, 2.24) is 19.9 Å². The van der Waals surface area contributed by atoms with Gasteiger partial charge in [0.25, 0.3) is 5.91 Å². The fraction of sp³-hybridized carbons (Fsp3) is 0.500. The SMILES string of the molecule is Cc1cc(CC2CCN(C(=O)c3cnc(C4CC4)nc3)CC2)ccn1. The van der Waals surface area contributed by atoms with E-state index < -0.39 is 0 Å². The Bertz CT molecular complexity index is 747. The van der Waals surface area contributed by atoms with Crippen LogP contribution in [0.3, 0.4) is 0 Å². The summed E-state index contributed by atoms with van der Waals surface area (Å²) in [6, 6.07) is 4.26. The molecule has 2 fully saturated rings. The molecule has 25 heavy (non-hydrogen) atoms. The molecule has 1 amide bonds. The van der Waals surface area contributed by atoms with Crippen molar-refractivity contribution in [2.75, 3.05) is 13.1 Å². The van der Waals surface area contributed by atoms with Gasteiger partial charge in [0, 0.05) is 43.3 Å². The van der Waals surface area contributed by atoms with Crippen LogP contribution in [0.15, 0.2) is 30.7 Å². The van der Waals surface area contributed by atoms with Crippen LogP contribution in [0.25, 0.3) is 0 Å². The molecular formula is C20H24N4O. The minimum Gasteiger partial charge on any atom is -0.339 e. The van der Waals surface area contributed by atoms with E-state index in [1.165, 1.54) is 18.4 Å². The maximum absolute atomic E-state index is 12.6. The van der Waals surface area contributed by atoms with Crippen molar-refractivity contribution in [2.45, 2.75) is 44.9 Å². The lowest BCUT2D eigenvalue weighted by molar-refractivity contribution is 0.0689. The van der Waals surface area contributed by atoms with Crippen LogP contribution in [-0.2, 0) is 6.42 Å². The molecule has 130 valence electrons. The van der Waals surface area contributed by atoms with Crippen LogP contribution in [0, 0.1) is 12.8 Å². The van der Waals surface area contributed by atoms with Gasteiger partial charge in [-0.3, -0.25) is 9.78 Å². The summed E-state index contributed by atoms with van der Waals surface area (Å²) in [5, 5.41) is 0. The lowest BCUT2D eigenvalue weighted by Crippen LogP contribution is -2.39. The van der Waals surface area contributed by atoms with Crippen LogP contribution in [0.5, 0.6) is 0 Å². The number of pyridine rings is 1. The van der Waals surface area contributed by atoms with Crippen LogP contribution >= 0.6 is 0 Å². The summed E-state index contributed by atoms with van der Waals surface area (Å²) in [6.45, 7) is 3.66. The number of rotatable bonds is 4. The van der Waals surface area contributed by atoms with Gasteiger partial charge in [-0.15, -0.1) is 0 Å². The number of carbonyl (C=O) groups excluding carboxylic acids is 1. The summed E-state index contributed by atoms with van der Waals surface area (Å²) in [5.74, 6) is 2.12. The van der Waals surface area contributed by atoms with E-state index in [2.05, 4.69) is 27.1 Å². The Balaban J connectivity index is 1.32. The highest BCUT2D eigenvalue weighted by Gasteiger charge is 2.28. The van der Waals surface area contributed by atoms with Gasteiger partial charge in [0.15, 0.2) is 0 Å². The van der Waals surface area contributed by atoms with Gasteiger partial charge in [0.05, 0.1) is 5.56 Å². The van der Waals surface area contributed by atoms with Gasteiger partial charge in [-0.1, -0.05) is 0 Å². The summed E-state index contributed by atoms with van der Waals surface area (Å²) < 4.78 is 0. The molecule has 0 radical (unpaired) electrons. The Morgan fingerprint density at radius 3 is 2.48 bits per heavy atom. The molecule has 3 heterocycles. The zero-order valence-electron chi connectivity index (χ0n) is 14.7. The van der Waals surface area contributed by atoms with E-state index in [9.17, 15) is 4.79 Å². The molecule has 0 spiro atoms. The van der Waals surface area contributed by atoms with Gasteiger partial charge >= 0.3 is 0 Å². The highest BCUT2D eigenvalue weighted by Crippen LogP contribution is 2.37. The van der Waals surface area contributed by atoms with Gasteiger partial charge in [-0.2, -0.15) is 0 Å². The maximum atomic E-state index is 12.6. The maximum Gasteiger partial charge on any atom is 0.256 e. The van der Waals surface area contributed by atoms with Crippen LogP contribution in [0.1, 0.15) is 59.0 Å². The molecule has 1 aliphatic carbocycles. The van der Waals surface area contributed by atoms with E-state index in [-0.39, 0.29) is 5.91 Å². The molecule has 1 saturated heterocycles. The fourth-order valence-corrected chi connectivity index (χ4v) is 3.59. The molecule has 5 nitrogen and oxygen atoms in total. The lowest BCUT2D eigenvalue weighted by Gasteiger charge is -2.32. The molecular weight excluding hydrogens is 312 g/mol. The monoisotopic (exact) mass is 336 g/mol. The van der Waals surface area contributed by atoms with E-state index in [0.29, 0.717) is 17.4 Å². The predicted octanol–water partition coefficient (Wildman–Crippen LogP) is 3.15. The second-order valence-electron chi connectivity index (χ2n) is 7.35. The van der Waals surface area contributed by atoms with E-state index in [0.717, 1.165) is 43.9 Å². The van der Waals surface area contributed by atoms with Crippen LogP contribution in [-0.4, -0.2) is 38.8 Å². The Kier molecular flexibility index (Phi) is 4.47. The first-order valence-corrected chi connectivity index (χ1v) is 9.22. The largest absolute Gasteiger partial charge is 0.339 e. The van der Waals surface area contributed by atoms with E-state index in [1.54, 1.807) is 12.4 Å². The molecule has 0 bridgehead atoms. The van der Waals surface area contributed by atoms with Crippen molar-refractivity contribution in [1.29, 1.82) is 0 Å². The third-order valence-electron chi connectivity index (χ3n) is 5.25. The molecule has 4 rings (SSSR count). The third-order valence-corrected chi connectivity index (χ3v) is 5.25. The first kappa shape index (κ1) is 16.2. The van der Waals surface area contributed by atoms with E-state index in [1.807, 2.05) is 18.0 Å². The quantitative estimate of drug-likeness (QED) is 0.860. The standard InChI is InChI=1S/C20H24N4O/c1-14-10-16(4-7-21-14)11-15-5-8-24(9-6-15)20(25)18-12-22-19(23-13-18)17-2-3-17/h4,7,10,12-13,15,17H,2-3,5-6,8-9,11H2,1H3. The number of carbonyl (C=O) groups is 1. The number of aryl methyl sites for hydroxylation is 1. The van der Waals surface area contributed by atoms with Crippen LogP contribution < -0.4 is 0 Å². The van der Waals surface area contributed by atoms with Crippen molar-refractivity contribution in [3.05, 3.63) is 53.4 Å². The number of hydrogen-bond donors (Lipinski definition) is 0. The molecule has 5 heteroatoms. The number of amides is 1. The zero-order valence-corrected chi connectivity index (χ0v) is 14.7. The summed E-state index contributed by atoms with van der Waals surface area (Å²) in [4.78, 5) is 27.6. The number of hydrogen-bond acceptors (Lipinski definition) is 4. The normalized spacial score (nSPS) is 18.4. The van der Waals surface area contributed by atoms with Gasteiger partial charge in [0.1, 0.15) is 5.82 Å². The van der Waals surface area contributed by atoms with E-state index >= 15 is 0 Å².